The highest BCUT2D eigenvalue weighted by Crippen LogP contribution is 2.37. The molecule has 330 valence electrons. The lowest BCUT2D eigenvalue weighted by Gasteiger charge is -2.19. The lowest BCUT2D eigenvalue weighted by atomic mass is 9.92. The molecule has 64 heavy (non-hydrogen) atoms. The van der Waals surface area contributed by atoms with Gasteiger partial charge in [0.25, 0.3) is 0 Å². The average Bonchev–Trinajstić information content (AvgIpc) is 4.16. The lowest BCUT2D eigenvalue weighted by Crippen LogP contribution is -2.37. The number of carboxylic acids is 1. The number of aromatic nitrogens is 2. The minimum Gasteiger partial charge on any atom is -0.488 e. The van der Waals surface area contributed by atoms with E-state index in [1.54, 1.807) is 49.1 Å². The Morgan fingerprint density at radius 2 is 1.28 bits per heavy atom. The summed E-state index contributed by atoms with van der Waals surface area (Å²) >= 11 is 13.4. The Morgan fingerprint density at radius 1 is 0.734 bits per heavy atom. The van der Waals surface area contributed by atoms with Crippen LogP contribution in [-0.2, 0) is 44.4 Å². The van der Waals surface area contributed by atoms with Crippen molar-refractivity contribution in [1.82, 2.24) is 15.3 Å². The van der Waals surface area contributed by atoms with Gasteiger partial charge in [0.1, 0.15) is 55.5 Å². The Balaban J connectivity index is 1.07. The number of nitrogens with zero attached hydrogens (tertiary/aromatic N) is 3. The number of halogens is 2. The molecule has 5 N–H and O–H groups in total. The number of pyridine rings is 2. The molecule has 0 unspecified atom stereocenters. The van der Waals surface area contributed by atoms with E-state index in [2.05, 4.69) is 32.4 Å². The molecule has 2 aromatic heterocycles. The van der Waals surface area contributed by atoms with E-state index in [0.717, 1.165) is 55.8 Å². The van der Waals surface area contributed by atoms with Gasteiger partial charge in [-0.2, -0.15) is 0 Å². The smallest absolute Gasteiger partial charge is 0.320 e. The van der Waals surface area contributed by atoms with Gasteiger partial charge in [-0.25, -0.2) is 0 Å². The van der Waals surface area contributed by atoms with Crippen molar-refractivity contribution in [2.75, 3.05) is 13.2 Å². The quantitative estimate of drug-likeness (QED) is 0.0411. The van der Waals surface area contributed by atoms with Gasteiger partial charge in [0.2, 0.25) is 0 Å². The second kappa shape index (κ2) is 21.3. The molecule has 1 atom stereocenters. The Morgan fingerprint density at radius 3 is 1.83 bits per heavy atom. The molecular formula is C49H47Cl2N5O8. The van der Waals surface area contributed by atoms with Crippen LogP contribution in [0.15, 0.2) is 103 Å². The molecule has 0 bridgehead atoms. The SMILES string of the molecule is Cc1c(COc2cc(OCc3cncc(C=N)c3)c(CO)cc2Cl)cccc1-c1cccc(COc2cc(OCc3cncc(C4=NC4)c3)c(CN[C@@H](CCO)C(=O)O)cc2Cl)c1C. The summed E-state index contributed by atoms with van der Waals surface area (Å²) in [4.78, 5) is 24.6. The maximum atomic E-state index is 11.8. The van der Waals surface area contributed by atoms with Gasteiger partial charge in [-0.3, -0.25) is 19.8 Å². The van der Waals surface area contributed by atoms with Crippen molar-refractivity contribution < 1.29 is 39.1 Å². The van der Waals surface area contributed by atoms with Crippen LogP contribution in [0.1, 0.15) is 62.1 Å². The van der Waals surface area contributed by atoms with Gasteiger partial charge >= 0.3 is 5.97 Å². The molecule has 0 fully saturated rings. The number of nitrogens with one attached hydrogen (secondary N) is 2. The summed E-state index contributed by atoms with van der Waals surface area (Å²) in [5.41, 5.74) is 11.3. The van der Waals surface area contributed by atoms with Crippen LogP contribution in [0, 0.1) is 19.3 Å². The van der Waals surface area contributed by atoms with E-state index in [1.165, 1.54) is 6.21 Å². The molecule has 0 saturated heterocycles. The number of aliphatic hydroxyl groups excluding tert-OH is 2. The molecule has 6 aromatic rings. The van der Waals surface area contributed by atoms with Crippen LogP contribution in [0.4, 0.5) is 0 Å². The third-order valence-electron chi connectivity index (χ3n) is 10.8. The molecule has 3 heterocycles. The summed E-state index contributed by atoms with van der Waals surface area (Å²) in [5, 5.41) is 40.3. The summed E-state index contributed by atoms with van der Waals surface area (Å²) < 4.78 is 25.0. The van der Waals surface area contributed by atoms with Gasteiger partial charge in [0, 0.05) is 89.7 Å². The largest absolute Gasteiger partial charge is 0.488 e. The highest BCUT2D eigenvalue weighted by atomic mass is 35.5. The van der Waals surface area contributed by atoms with E-state index in [1.807, 2.05) is 50.2 Å². The van der Waals surface area contributed by atoms with Crippen molar-refractivity contribution in [3.05, 3.63) is 163 Å². The Hall–Kier alpha value is -6.35. The lowest BCUT2D eigenvalue weighted by molar-refractivity contribution is -0.140. The predicted octanol–water partition coefficient (Wildman–Crippen LogP) is 8.60. The normalized spacial score (nSPS) is 12.3. The number of carboxylic acid groups (broad SMARTS) is 1. The monoisotopic (exact) mass is 903 g/mol. The number of ether oxygens (including phenoxy) is 4. The summed E-state index contributed by atoms with van der Waals surface area (Å²) in [6.45, 7) is 5.12. The summed E-state index contributed by atoms with van der Waals surface area (Å²) in [6.07, 6.45) is 8.00. The second-order valence-electron chi connectivity index (χ2n) is 15.2. The average molecular weight is 905 g/mol. The van der Waals surface area contributed by atoms with Gasteiger partial charge in [-0.05, 0) is 77.9 Å². The van der Waals surface area contributed by atoms with Crippen LogP contribution in [0.5, 0.6) is 23.0 Å². The fourth-order valence-corrected chi connectivity index (χ4v) is 7.57. The van der Waals surface area contributed by atoms with E-state index in [9.17, 15) is 20.1 Å². The molecule has 0 spiro atoms. The first-order chi connectivity index (χ1) is 31.0. The first kappa shape index (κ1) is 45.7. The van der Waals surface area contributed by atoms with E-state index in [4.69, 9.17) is 47.6 Å². The molecule has 0 radical (unpaired) electrons. The van der Waals surface area contributed by atoms with Crippen molar-refractivity contribution in [2.45, 2.75) is 65.9 Å². The van der Waals surface area contributed by atoms with E-state index in [0.29, 0.717) is 56.3 Å². The number of hydrogen-bond donors (Lipinski definition) is 5. The van der Waals surface area contributed by atoms with E-state index >= 15 is 0 Å². The molecule has 7 rings (SSSR count). The number of aliphatic carboxylic acids is 1. The maximum absolute atomic E-state index is 11.8. The number of carbonyl (C=O) groups is 1. The summed E-state index contributed by atoms with van der Waals surface area (Å²) in [5.74, 6) is 0.587. The van der Waals surface area contributed by atoms with Crippen molar-refractivity contribution in [3.8, 4) is 34.1 Å². The molecule has 1 aliphatic rings. The van der Waals surface area contributed by atoms with Crippen molar-refractivity contribution >= 4 is 41.1 Å². The number of hydrogen-bond acceptors (Lipinski definition) is 12. The van der Waals surface area contributed by atoms with Crippen molar-refractivity contribution in [1.29, 1.82) is 5.41 Å². The van der Waals surface area contributed by atoms with Crippen LogP contribution in [-0.4, -0.2) is 62.4 Å². The van der Waals surface area contributed by atoms with Crippen LogP contribution >= 0.6 is 23.2 Å². The van der Waals surface area contributed by atoms with Gasteiger partial charge in [0.05, 0.1) is 28.9 Å². The fraction of sp³-hybridized carbons (Fsp3) is 0.245. The van der Waals surface area contributed by atoms with Crippen LogP contribution in [0.3, 0.4) is 0 Å². The number of benzene rings is 4. The van der Waals surface area contributed by atoms with E-state index < -0.39 is 12.0 Å². The van der Waals surface area contributed by atoms with Crippen molar-refractivity contribution in [3.63, 3.8) is 0 Å². The Kier molecular flexibility index (Phi) is 15.2. The minimum atomic E-state index is -1.07. The zero-order chi connectivity index (χ0) is 45.2. The molecule has 4 aromatic carbocycles. The maximum Gasteiger partial charge on any atom is 0.320 e. The van der Waals surface area contributed by atoms with E-state index in [-0.39, 0.29) is 52.6 Å². The molecule has 13 nitrogen and oxygen atoms in total. The summed E-state index contributed by atoms with van der Waals surface area (Å²) in [6, 6.07) is 21.6. The first-order valence-corrected chi connectivity index (χ1v) is 21.2. The molecule has 0 saturated carbocycles. The third-order valence-corrected chi connectivity index (χ3v) is 11.4. The first-order valence-electron chi connectivity index (χ1n) is 20.5. The minimum absolute atomic E-state index is 0.0362. The topological polar surface area (TPSA) is 189 Å². The molecule has 0 aliphatic carbocycles. The van der Waals surface area contributed by atoms with Gasteiger partial charge in [-0.15, -0.1) is 0 Å². The van der Waals surface area contributed by atoms with Crippen LogP contribution in [0.25, 0.3) is 11.1 Å². The molecular weight excluding hydrogens is 857 g/mol. The highest BCUT2D eigenvalue weighted by Gasteiger charge is 2.20. The highest BCUT2D eigenvalue weighted by molar-refractivity contribution is 6.32. The number of rotatable bonds is 22. The summed E-state index contributed by atoms with van der Waals surface area (Å²) in [7, 11) is 0. The van der Waals surface area contributed by atoms with Gasteiger partial charge in [0.15, 0.2) is 0 Å². The molecule has 15 heteroatoms. The molecule has 1 aliphatic heterocycles. The molecule has 0 amide bonds. The second-order valence-corrected chi connectivity index (χ2v) is 16.0. The predicted molar refractivity (Wildman–Crippen MR) is 245 cm³/mol. The number of aliphatic hydroxyl groups is 2. The Labute approximate surface area is 380 Å². The van der Waals surface area contributed by atoms with Crippen LogP contribution < -0.4 is 24.3 Å². The standard InChI is InChI=1S/C49H47Cl2N5O8/c1-29-34(27-63-47-15-45(61-26-33-12-36(21-54-20-33)44-23-56-44)37(13-41(47)50)22-55-43(9-10-57)49(59)60)5-3-7-39(29)40-8-4-6-35(30(40)2)28-64-48-16-46(38(24-58)14-42(48)51)62-25-32-11-31(17-52)18-53-19-32/h3-8,11-21,43,52,55,57-58H,9-10,22-28H2,1-2H3,(H,59,60)/t43-/m0/s1. The number of aliphatic imine (C=N–C) groups is 1. The zero-order valence-corrected chi connectivity index (χ0v) is 36.7. The van der Waals surface area contributed by atoms with Gasteiger partial charge in [-0.1, -0.05) is 59.6 Å². The Bertz CT molecular complexity index is 2690. The zero-order valence-electron chi connectivity index (χ0n) is 35.2. The van der Waals surface area contributed by atoms with Crippen LogP contribution in [0.2, 0.25) is 10.0 Å². The van der Waals surface area contributed by atoms with Gasteiger partial charge < -0.3 is 45.0 Å². The van der Waals surface area contributed by atoms with Crippen molar-refractivity contribution in [2.24, 2.45) is 4.99 Å². The fourth-order valence-electron chi connectivity index (χ4n) is 7.09. The third kappa shape index (κ3) is 11.4.